The molecule has 3 aromatic carbocycles. The van der Waals surface area contributed by atoms with Crippen molar-refractivity contribution in [1.29, 1.82) is 0 Å². The molecule has 3 heterocycles. The number of ether oxygens (including phenoxy) is 1. The van der Waals surface area contributed by atoms with Gasteiger partial charge in [-0.3, -0.25) is 24.1 Å². The number of carbonyl (C=O) groups excluding carboxylic acids is 3. The van der Waals surface area contributed by atoms with Crippen molar-refractivity contribution < 1.29 is 19.1 Å². The van der Waals surface area contributed by atoms with E-state index in [-0.39, 0.29) is 58.1 Å². The number of anilines is 2. The fourth-order valence-electron chi connectivity index (χ4n) is 8.02. The largest absolute Gasteiger partial charge is 0.483 e. The molecule has 47 heavy (non-hydrogen) atoms. The number of nitrogens with zero attached hydrogens (tertiary/aromatic N) is 1. The summed E-state index contributed by atoms with van der Waals surface area (Å²) >= 11 is 22.0. The van der Waals surface area contributed by atoms with Crippen LogP contribution in [0, 0.1) is 29.6 Å². The fraction of sp³-hybridized carbons (Fsp3) is 0.273. The number of aromatic nitrogens is 1. The maximum Gasteiger partial charge on any atom is 0.305 e. The summed E-state index contributed by atoms with van der Waals surface area (Å²) in [6, 6.07) is 17.7. The number of carbonyl (C=O) groups is 3. The van der Waals surface area contributed by atoms with Gasteiger partial charge in [0.25, 0.3) is 5.91 Å². The highest BCUT2D eigenvalue weighted by Crippen LogP contribution is 2.69. The van der Waals surface area contributed by atoms with Gasteiger partial charge < -0.3 is 15.0 Å². The van der Waals surface area contributed by atoms with E-state index in [9.17, 15) is 19.2 Å². The minimum absolute atomic E-state index is 0.00963. The third kappa shape index (κ3) is 5.30. The highest BCUT2D eigenvalue weighted by atomic mass is 79.9. The third-order valence-corrected chi connectivity index (χ3v) is 14.0. The number of rotatable bonds is 6. The molecule has 8 nitrogen and oxygen atoms in total. The molecule has 2 bridgehead atoms. The molecule has 0 radical (unpaired) electrons. The van der Waals surface area contributed by atoms with Gasteiger partial charge in [-0.05, 0) is 84.8 Å². The van der Waals surface area contributed by atoms with Crippen LogP contribution in [0.4, 0.5) is 11.4 Å². The number of thiazole rings is 1. The van der Waals surface area contributed by atoms with E-state index in [1.807, 2.05) is 30.3 Å². The Kier molecular flexibility index (Phi) is 8.12. The molecule has 4 aromatic rings. The van der Waals surface area contributed by atoms with Crippen LogP contribution in [0.25, 0.3) is 0 Å². The number of amides is 3. The quantitative estimate of drug-likeness (QED) is 0.191. The van der Waals surface area contributed by atoms with Crippen molar-refractivity contribution in [2.75, 3.05) is 16.8 Å². The first kappa shape index (κ1) is 31.6. The lowest BCUT2D eigenvalue weighted by Crippen LogP contribution is -2.42. The standard InChI is InChI=1S/C33H23Br2Cl2N3O5S2/c34-13-1-5-16(6-2-13)40-31(42)26-18-11-19(27(26)32(40)43)28-25(18)24(29-30(46-28)39-33(44)47-29)17-9-14(35)3-8-22(17)45-12-23(41)38-15-4-7-20(36)21(37)10-15/h1-10,18-19,24-28H,11-12H2,(H,38,41)(H,39,44)/t18-,19-,24+,25-,26+,27+,28-/m1/s1. The molecule has 4 aliphatic rings. The molecule has 7 atom stereocenters. The number of imide groups is 1. The van der Waals surface area contributed by atoms with E-state index < -0.39 is 11.8 Å². The Morgan fingerprint density at radius 1 is 0.936 bits per heavy atom. The molecule has 0 spiro atoms. The van der Waals surface area contributed by atoms with Crippen LogP contribution in [-0.2, 0) is 14.4 Å². The first-order valence-corrected chi connectivity index (χ1v) is 18.8. The molecule has 3 amide bonds. The summed E-state index contributed by atoms with van der Waals surface area (Å²) in [7, 11) is 0. The normalized spacial score (nSPS) is 27.1. The second-order valence-electron chi connectivity index (χ2n) is 12.1. The number of H-pyrrole nitrogens is 1. The summed E-state index contributed by atoms with van der Waals surface area (Å²) in [5.74, 6) is -1.43. The van der Waals surface area contributed by atoms with Crippen LogP contribution >= 0.6 is 78.2 Å². The average molecular weight is 836 g/mol. The summed E-state index contributed by atoms with van der Waals surface area (Å²) in [4.78, 5) is 58.8. The van der Waals surface area contributed by atoms with Gasteiger partial charge in [0.2, 0.25) is 11.8 Å². The minimum Gasteiger partial charge on any atom is -0.483 e. The van der Waals surface area contributed by atoms with Gasteiger partial charge in [-0.25, -0.2) is 0 Å². The Bertz CT molecular complexity index is 2040. The van der Waals surface area contributed by atoms with Gasteiger partial charge in [0.15, 0.2) is 6.61 Å². The second-order valence-corrected chi connectivity index (χ2v) is 16.9. The number of aromatic amines is 1. The average Bonchev–Trinajstić information content (AvgIpc) is 3.78. The molecule has 14 heteroatoms. The van der Waals surface area contributed by atoms with Gasteiger partial charge in [0.05, 0.1) is 32.6 Å². The van der Waals surface area contributed by atoms with Crippen LogP contribution in [0.1, 0.15) is 22.8 Å². The van der Waals surface area contributed by atoms with Gasteiger partial charge in [0, 0.05) is 36.2 Å². The summed E-state index contributed by atoms with van der Waals surface area (Å²) in [5.41, 5.74) is 1.89. The zero-order valence-corrected chi connectivity index (χ0v) is 30.4. The van der Waals surface area contributed by atoms with E-state index >= 15 is 0 Å². The van der Waals surface area contributed by atoms with Crippen LogP contribution in [0.3, 0.4) is 0 Å². The van der Waals surface area contributed by atoms with Crippen molar-refractivity contribution in [3.8, 4) is 5.75 Å². The van der Waals surface area contributed by atoms with E-state index in [1.165, 1.54) is 16.2 Å². The molecule has 240 valence electrons. The molecular weight excluding hydrogens is 813 g/mol. The Hall–Kier alpha value is -2.61. The van der Waals surface area contributed by atoms with Gasteiger partial charge in [0.1, 0.15) is 5.75 Å². The molecule has 1 aromatic heterocycles. The summed E-state index contributed by atoms with van der Waals surface area (Å²) in [5, 5.41) is 4.29. The van der Waals surface area contributed by atoms with Gasteiger partial charge >= 0.3 is 4.87 Å². The summed E-state index contributed by atoms with van der Waals surface area (Å²) in [6.45, 7) is -0.271. The molecule has 2 N–H and O–H groups in total. The maximum absolute atomic E-state index is 14.1. The molecular formula is C33H23Br2Cl2N3O5S2. The highest BCUT2D eigenvalue weighted by Gasteiger charge is 2.69. The Morgan fingerprint density at radius 2 is 1.66 bits per heavy atom. The van der Waals surface area contributed by atoms with Crippen LogP contribution in [0.5, 0.6) is 5.75 Å². The van der Waals surface area contributed by atoms with Crippen LogP contribution in [0.2, 0.25) is 10.0 Å². The molecule has 8 rings (SSSR count). The first-order chi connectivity index (χ1) is 22.6. The number of hydrogen-bond acceptors (Lipinski definition) is 7. The lowest BCUT2D eigenvalue weighted by molar-refractivity contribution is -0.123. The Morgan fingerprint density at radius 3 is 2.40 bits per heavy atom. The predicted molar refractivity (Wildman–Crippen MR) is 190 cm³/mol. The zero-order chi connectivity index (χ0) is 32.7. The second kappa shape index (κ2) is 12.1. The van der Waals surface area contributed by atoms with Gasteiger partial charge in [-0.1, -0.05) is 66.4 Å². The van der Waals surface area contributed by atoms with E-state index in [2.05, 4.69) is 42.2 Å². The molecule has 2 aliphatic heterocycles. The van der Waals surface area contributed by atoms with Crippen molar-refractivity contribution in [3.05, 3.63) is 99.8 Å². The Labute approximate surface area is 303 Å². The monoisotopic (exact) mass is 833 g/mol. The summed E-state index contributed by atoms with van der Waals surface area (Å²) in [6.07, 6.45) is 0.759. The van der Waals surface area contributed by atoms with Crippen molar-refractivity contribution in [3.63, 3.8) is 0 Å². The van der Waals surface area contributed by atoms with Crippen molar-refractivity contribution in [2.24, 2.45) is 29.6 Å². The molecule has 3 fully saturated rings. The number of benzene rings is 3. The van der Waals surface area contributed by atoms with E-state index in [0.29, 0.717) is 27.2 Å². The van der Waals surface area contributed by atoms with Crippen molar-refractivity contribution in [1.82, 2.24) is 4.98 Å². The molecule has 2 saturated carbocycles. The van der Waals surface area contributed by atoms with Crippen LogP contribution in [-0.4, -0.2) is 34.6 Å². The van der Waals surface area contributed by atoms with Crippen LogP contribution < -0.4 is 19.8 Å². The maximum atomic E-state index is 14.1. The highest BCUT2D eigenvalue weighted by molar-refractivity contribution is 9.10. The molecule has 1 saturated heterocycles. The van der Waals surface area contributed by atoms with Crippen LogP contribution in [0.15, 0.2) is 79.4 Å². The minimum atomic E-state index is -0.439. The lowest BCUT2D eigenvalue weighted by atomic mass is 9.68. The Balaban J connectivity index is 1.13. The molecule has 0 unspecified atom stereocenters. The zero-order valence-electron chi connectivity index (χ0n) is 24.0. The smallest absolute Gasteiger partial charge is 0.305 e. The lowest BCUT2D eigenvalue weighted by Gasteiger charge is -2.43. The van der Waals surface area contributed by atoms with Gasteiger partial charge in [-0.2, -0.15) is 0 Å². The number of hydrogen-bond donors (Lipinski definition) is 2. The number of thioether (sulfide) groups is 1. The first-order valence-electron chi connectivity index (χ1n) is 14.8. The SMILES string of the molecule is O=C(COc1ccc(Br)cc1[C@@H]1c2sc(=O)[nH]c2S[C@@H]2[C@@H]3C[C@@H]([C@@H]4C(=O)N(c5ccc(Br)cc5)C(=O)[C@@H]34)[C@H]12)Nc1ccc(Cl)c(Cl)c1. The fourth-order valence-corrected chi connectivity index (χ4v) is 11.8. The topological polar surface area (TPSA) is 109 Å². The van der Waals surface area contributed by atoms with E-state index in [4.69, 9.17) is 27.9 Å². The number of nitrogens with one attached hydrogen (secondary N) is 2. The van der Waals surface area contributed by atoms with E-state index in [1.54, 1.807) is 42.1 Å². The van der Waals surface area contributed by atoms with E-state index in [0.717, 1.165) is 30.8 Å². The van der Waals surface area contributed by atoms with Crippen molar-refractivity contribution in [2.45, 2.75) is 22.6 Å². The number of fused-ring (bicyclic) bond motifs is 9. The number of halogens is 4. The summed E-state index contributed by atoms with van der Waals surface area (Å²) < 4.78 is 7.86. The predicted octanol–water partition coefficient (Wildman–Crippen LogP) is 7.96. The third-order valence-electron chi connectivity index (χ3n) is 9.68. The van der Waals surface area contributed by atoms with Crippen molar-refractivity contribution >= 4 is 107 Å². The van der Waals surface area contributed by atoms with Gasteiger partial charge in [-0.15, -0.1) is 11.8 Å². The molecule has 2 aliphatic carbocycles.